The molecular formula is C20H25ClN2O. The van der Waals surface area contributed by atoms with Crippen LogP contribution in [-0.2, 0) is 4.79 Å². The molecular weight excluding hydrogens is 320 g/mol. The van der Waals surface area contributed by atoms with E-state index >= 15 is 0 Å². The average Bonchev–Trinajstić information content (AvgIpc) is 2.54. The van der Waals surface area contributed by atoms with Crippen LogP contribution in [0.25, 0.3) is 5.57 Å². The van der Waals surface area contributed by atoms with Crippen molar-refractivity contribution in [3.63, 3.8) is 0 Å². The predicted octanol–water partition coefficient (Wildman–Crippen LogP) is 3.88. The molecule has 1 aliphatic carbocycles. The third-order valence-electron chi connectivity index (χ3n) is 5.73. The molecule has 1 amide bonds. The van der Waals surface area contributed by atoms with E-state index in [4.69, 9.17) is 11.6 Å². The summed E-state index contributed by atoms with van der Waals surface area (Å²) in [5, 5.41) is 4.24. The summed E-state index contributed by atoms with van der Waals surface area (Å²) < 4.78 is 0. The number of rotatable bonds is 2. The Morgan fingerprint density at radius 1 is 1.21 bits per heavy atom. The molecule has 0 spiro atoms. The molecule has 24 heavy (non-hydrogen) atoms. The van der Waals surface area contributed by atoms with Gasteiger partial charge < -0.3 is 10.2 Å². The molecule has 4 heteroatoms. The lowest BCUT2D eigenvalue weighted by atomic mass is 9.72. The summed E-state index contributed by atoms with van der Waals surface area (Å²) in [6.07, 6.45) is 4.13. The molecule has 3 saturated heterocycles. The third-order valence-corrected chi connectivity index (χ3v) is 5.98. The smallest absolute Gasteiger partial charge is 0.250 e. The standard InChI is InChI=1S/C20H25ClN2O/c1-20(2)8-7-17(18(10-20)13-3-5-14(21)6-4-13)19(24)23-11-15-9-16(12-23)22-15/h3-6,15-16,22H,7-12H2,1-2H3. The molecule has 0 radical (unpaired) electrons. The van der Waals surface area contributed by atoms with Gasteiger partial charge >= 0.3 is 0 Å². The van der Waals surface area contributed by atoms with Gasteiger partial charge in [0.25, 0.3) is 0 Å². The van der Waals surface area contributed by atoms with Gasteiger partial charge in [0, 0.05) is 35.8 Å². The fourth-order valence-electron chi connectivity index (χ4n) is 4.32. The van der Waals surface area contributed by atoms with E-state index in [2.05, 4.69) is 36.2 Å². The monoisotopic (exact) mass is 344 g/mol. The summed E-state index contributed by atoms with van der Waals surface area (Å²) >= 11 is 6.05. The Bertz CT molecular complexity index is 676. The van der Waals surface area contributed by atoms with Crippen molar-refractivity contribution < 1.29 is 4.79 Å². The molecule has 3 heterocycles. The highest BCUT2D eigenvalue weighted by Crippen LogP contribution is 2.43. The molecule has 5 rings (SSSR count). The maximum atomic E-state index is 13.2. The van der Waals surface area contributed by atoms with Gasteiger partial charge in [-0.2, -0.15) is 0 Å². The summed E-state index contributed by atoms with van der Waals surface area (Å²) in [6.45, 7) is 6.31. The zero-order chi connectivity index (χ0) is 16.9. The number of benzene rings is 1. The van der Waals surface area contributed by atoms with Gasteiger partial charge in [0.05, 0.1) is 0 Å². The number of piperidine rings is 1. The number of halogens is 1. The first kappa shape index (κ1) is 16.2. The second kappa shape index (κ2) is 5.89. The summed E-state index contributed by atoms with van der Waals surface area (Å²) in [7, 11) is 0. The van der Waals surface area contributed by atoms with Crippen LogP contribution < -0.4 is 5.32 Å². The lowest BCUT2D eigenvalue weighted by molar-refractivity contribution is -0.131. The van der Waals surface area contributed by atoms with Crippen molar-refractivity contribution in [3.8, 4) is 0 Å². The first-order valence-electron chi connectivity index (χ1n) is 8.95. The molecule has 2 unspecified atom stereocenters. The molecule has 1 N–H and O–H groups in total. The molecule has 3 fully saturated rings. The number of hydrogen-bond donors (Lipinski definition) is 1. The number of carbonyl (C=O) groups is 1. The Morgan fingerprint density at radius 3 is 2.46 bits per heavy atom. The highest BCUT2D eigenvalue weighted by Gasteiger charge is 2.40. The fourth-order valence-corrected chi connectivity index (χ4v) is 4.45. The molecule has 2 atom stereocenters. The predicted molar refractivity (Wildman–Crippen MR) is 97.9 cm³/mol. The first-order valence-corrected chi connectivity index (χ1v) is 9.32. The van der Waals surface area contributed by atoms with Crippen molar-refractivity contribution in [2.45, 2.75) is 51.6 Å². The van der Waals surface area contributed by atoms with Gasteiger partial charge in [0.2, 0.25) is 5.91 Å². The van der Waals surface area contributed by atoms with Gasteiger partial charge in [-0.05, 0) is 54.4 Å². The molecule has 128 valence electrons. The summed E-state index contributed by atoms with van der Waals surface area (Å²) in [4.78, 5) is 15.3. The van der Waals surface area contributed by atoms with E-state index in [9.17, 15) is 4.79 Å². The van der Waals surface area contributed by atoms with Crippen LogP contribution in [-0.4, -0.2) is 36.0 Å². The minimum atomic E-state index is 0.240. The zero-order valence-corrected chi connectivity index (χ0v) is 15.2. The maximum Gasteiger partial charge on any atom is 0.250 e. The number of amides is 1. The van der Waals surface area contributed by atoms with Crippen molar-refractivity contribution in [1.29, 1.82) is 0 Å². The lowest BCUT2D eigenvalue weighted by Crippen LogP contribution is -2.67. The van der Waals surface area contributed by atoms with Crippen LogP contribution in [0, 0.1) is 5.41 Å². The topological polar surface area (TPSA) is 32.3 Å². The molecule has 3 nitrogen and oxygen atoms in total. The van der Waals surface area contributed by atoms with E-state index < -0.39 is 0 Å². The van der Waals surface area contributed by atoms with Crippen LogP contribution in [0.1, 0.15) is 45.1 Å². The average molecular weight is 345 g/mol. The van der Waals surface area contributed by atoms with Crippen LogP contribution >= 0.6 is 11.6 Å². The van der Waals surface area contributed by atoms with Crippen molar-refractivity contribution in [1.82, 2.24) is 10.2 Å². The zero-order valence-electron chi connectivity index (χ0n) is 14.4. The van der Waals surface area contributed by atoms with Gasteiger partial charge in [-0.25, -0.2) is 0 Å². The van der Waals surface area contributed by atoms with Crippen molar-refractivity contribution >= 4 is 23.1 Å². The fraction of sp³-hybridized carbons (Fsp3) is 0.550. The van der Waals surface area contributed by atoms with Crippen LogP contribution in [0.15, 0.2) is 29.8 Å². The van der Waals surface area contributed by atoms with Crippen LogP contribution in [0.2, 0.25) is 5.02 Å². The number of nitrogens with one attached hydrogen (secondary N) is 1. The van der Waals surface area contributed by atoms with E-state index in [1.807, 2.05) is 12.1 Å². The molecule has 3 aliphatic heterocycles. The summed E-state index contributed by atoms with van der Waals surface area (Å²) in [5.74, 6) is 0.256. The Kier molecular flexibility index (Phi) is 3.97. The number of carbonyl (C=O) groups excluding carboxylic acids is 1. The van der Waals surface area contributed by atoms with Gasteiger partial charge in [0.1, 0.15) is 0 Å². The van der Waals surface area contributed by atoms with Gasteiger partial charge in [-0.1, -0.05) is 37.6 Å². The number of nitrogens with zero attached hydrogens (tertiary/aromatic N) is 1. The quantitative estimate of drug-likeness (QED) is 0.883. The number of piperazine rings is 1. The SMILES string of the molecule is CC1(C)CCC(C(=O)N2CC3CC(C2)N3)=C(c2ccc(Cl)cc2)C1. The van der Waals surface area contributed by atoms with Crippen molar-refractivity contribution in [2.75, 3.05) is 13.1 Å². The first-order chi connectivity index (χ1) is 11.4. The van der Waals surface area contributed by atoms with Crippen LogP contribution in [0.5, 0.6) is 0 Å². The molecule has 1 aromatic carbocycles. The molecule has 0 saturated carbocycles. The molecule has 0 aromatic heterocycles. The third kappa shape index (κ3) is 3.00. The minimum Gasteiger partial charge on any atom is -0.336 e. The highest BCUT2D eigenvalue weighted by molar-refractivity contribution is 6.30. The lowest BCUT2D eigenvalue weighted by Gasteiger charge is -2.49. The Balaban J connectivity index is 1.67. The van der Waals surface area contributed by atoms with Gasteiger partial charge in [-0.15, -0.1) is 0 Å². The van der Waals surface area contributed by atoms with E-state index in [0.29, 0.717) is 12.1 Å². The molecule has 1 aromatic rings. The Labute approximate surface area is 149 Å². The van der Waals surface area contributed by atoms with E-state index in [0.717, 1.165) is 48.5 Å². The Hall–Kier alpha value is -1.32. The van der Waals surface area contributed by atoms with Crippen molar-refractivity contribution in [3.05, 3.63) is 40.4 Å². The summed E-state index contributed by atoms with van der Waals surface area (Å²) in [5.41, 5.74) is 3.64. The van der Waals surface area contributed by atoms with Gasteiger partial charge in [-0.3, -0.25) is 4.79 Å². The van der Waals surface area contributed by atoms with Crippen LogP contribution in [0.4, 0.5) is 0 Å². The van der Waals surface area contributed by atoms with E-state index in [1.54, 1.807) is 0 Å². The van der Waals surface area contributed by atoms with Gasteiger partial charge in [0.15, 0.2) is 0 Å². The Morgan fingerprint density at radius 2 is 1.83 bits per heavy atom. The number of allylic oxidation sites excluding steroid dienone is 1. The molecule has 2 bridgehead atoms. The largest absolute Gasteiger partial charge is 0.336 e. The highest BCUT2D eigenvalue weighted by atomic mass is 35.5. The number of hydrogen-bond acceptors (Lipinski definition) is 2. The summed E-state index contributed by atoms with van der Waals surface area (Å²) in [6, 6.07) is 8.98. The minimum absolute atomic E-state index is 0.240. The van der Waals surface area contributed by atoms with E-state index in [-0.39, 0.29) is 11.3 Å². The second-order valence-corrected chi connectivity index (χ2v) is 8.75. The normalized spacial score (nSPS) is 28.5. The van der Waals surface area contributed by atoms with Crippen molar-refractivity contribution in [2.24, 2.45) is 5.41 Å². The van der Waals surface area contributed by atoms with Crippen LogP contribution in [0.3, 0.4) is 0 Å². The molecule has 4 aliphatic rings. The number of fused-ring (bicyclic) bond motifs is 2. The maximum absolute atomic E-state index is 13.2. The second-order valence-electron chi connectivity index (χ2n) is 8.31. The van der Waals surface area contributed by atoms with E-state index in [1.165, 1.54) is 12.0 Å².